The Labute approximate surface area is 98.4 Å². The van der Waals surface area contributed by atoms with Gasteiger partial charge in [-0.3, -0.25) is 0 Å². The van der Waals surface area contributed by atoms with Gasteiger partial charge in [0, 0.05) is 13.2 Å². The highest BCUT2D eigenvalue weighted by atomic mass is 32.1. The first-order valence-electron chi connectivity index (χ1n) is 5.45. The number of hydrogen-bond donors (Lipinski definition) is 2. The monoisotopic (exact) mass is 237 g/mol. The molecule has 0 unspecified atom stereocenters. The molecule has 16 heavy (non-hydrogen) atoms. The molecule has 0 aliphatic heterocycles. The number of nitrogens with zero attached hydrogens (tertiary/aromatic N) is 2. The Morgan fingerprint density at radius 3 is 3.06 bits per heavy atom. The highest BCUT2D eigenvalue weighted by molar-refractivity contribution is 7.16. The molecular formula is C11H15N3OS. The van der Waals surface area contributed by atoms with E-state index in [1.54, 1.807) is 17.7 Å². The largest absolute Gasteiger partial charge is 0.396 e. The lowest BCUT2D eigenvalue weighted by molar-refractivity contribution is 0.283. The van der Waals surface area contributed by atoms with Crippen molar-refractivity contribution in [1.29, 1.82) is 0 Å². The molecule has 2 aromatic rings. The topological polar surface area (TPSA) is 58.0 Å². The number of unbranched alkanes of at least 4 members (excludes halogenated alkanes) is 2. The van der Waals surface area contributed by atoms with E-state index >= 15 is 0 Å². The smallest absolute Gasteiger partial charge is 0.138 e. The molecule has 0 saturated carbocycles. The summed E-state index contributed by atoms with van der Waals surface area (Å²) in [7, 11) is 0. The third kappa shape index (κ3) is 2.68. The maximum absolute atomic E-state index is 8.66. The second-order valence-electron chi connectivity index (χ2n) is 3.57. The van der Waals surface area contributed by atoms with E-state index in [1.165, 1.54) is 0 Å². The minimum absolute atomic E-state index is 0.280. The summed E-state index contributed by atoms with van der Waals surface area (Å²) in [6.07, 6.45) is 4.56. The molecule has 4 nitrogen and oxygen atoms in total. The van der Waals surface area contributed by atoms with Crippen molar-refractivity contribution in [3.8, 4) is 0 Å². The summed E-state index contributed by atoms with van der Waals surface area (Å²) in [6.45, 7) is 1.17. The fraction of sp³-hybridized carbons (Fsp3) is 0.455. The Morgan fingerprint density at radius 1 is 1.25 bits per heavy atom. The zero-order valence-corrected chi connectivity index (χ0v) is 9.83. The van der Waals surface area contributed by atoms with E-state index in [0.717, 1.165) is 41.8 Å². The Balaban J connectivity index is 1.91. The molecule has 86 valence electrons. The highest BCUT2D eigenvalue weighted by Crippen LogP contribution is 2.23. The number of nitrogens with one attached hydrogen (secondary N) is 1. The zero-order chi connectivity index (χ0) is 11.2. The molecule has 0 amide bonds. The lowest BCUT2D eigenvalue weighted by Crippen LogP contribution is -2.04. The molecule has 0 atom stereocenters. The first kappa shape index (κ1) is 11.3. The number of aliphatic hydroxyl groups is 1. The van der Waals surface area contributed by atoms with Crippen LogP contribution in [0.25, 0.3) is 10.2 Å². The number of anilines is 1. The van der Waals surface area contributed by atoms with Crippen molar-refractivity contribution in [2.24, 2.45) is 0 Å². The first-order chi connectivity index (χ1) is 7.92. The maximum atomic E-state index is 8.66. The standard InChI is InChI=1S/C11H15N3OS/c15-6-3-1-2-5-12-10-9-4-7-16-11(9)14-8-13-10/h4,7-8,15H,1-3,5-6H2,(H,12,13,14). The van der Waals surface area contributed by atoms with Crippen molar-refractivity contribution in [3.05, 3.63) is 17.8 Å². The molecule has 2 N–H and O–H groups in total. The summed E-state index contributed by atoms with van der Waals surface area (Å²) in [5, 5.41) is 15.1. The summed E-state index contributed by atoms with van der Waals surface area (Å²) >= 11 is 1.62. The van der Waals surface area contributed by atoms with E-state index in [9.17, 15) is 0 Å². The molecule has 5 heteroatoms. The summed E-state index contributed by atoms with van der Waals surface area (Å²) in [5.74, 6) is 0.912. The summed E-state index contributed by atoms with van der Waals surface area (Å²) in [4.78, 5) is 9.45. The molecule has 0 radical (unpaired) electrons. The minimum atomic E-state index is 0.280. The zero-order valence-electron chi connectivity index (χ0n) is 9.02. The number of thiophene rings is 1. The summed E-state index contributed by atoms with van der Waals surface area (Å²) in [6, 6.07) is 2.04. The van der Waals surface area contributed by atoms with Gasteiger partial charge in [-0.15, -0.1) is 11.3 Å². The van der Waals surface area contributed by atoms with E-state index in [1.807, 2.05) is 11.4 Å². The van der Waals surface area contributed by atoms with Crippen LogP contribution in [0.5, 0.6) is 0 Å². The lowest BCUT2D eigenvalue weighted by atomic mass is 10.2. The SMILES string of the molecule is OCCCCCNc1ncnc2sccc12. The molecule has 0 aliphatic rings. The second kappa shape index (κ2) is 5.77. The predicted octanol–water partition coefficient (Wildman–Crippen LogP) is 2.27. The fourth-order valence-corrected chi connectivity index (χ4v) is 2.28. The van der Waals surface area contributed by atoms with Gasteiger partial charge in [0.1, 0.15) is 17.0 Å². The van der Waals surface area contributed by atoms with Crippen LogP contribution in [0.1, 0.15) is 19.3 Å². The number of aromatic nitrogens is 2. The van der Waals surface area contributed by atoms with E-state index in [-0.39, 0.29) is 6.61 Å². The van der Waals surface area contributed by atoms with Crippen LogP contribution in [-0.4, -0.2) is 28.2 Å². The van der Waals surface area contributed by atoms with E-state index in [4.69, 9.17) is 5.11 Å². The van der Waals surface area contributed by atoms with Crippen LogP contribution in [0.15, 0.2) is 17.8 Å². The van der Waals surface area contributed by atoms with Gasteiger partial charge in [0.15, 0.2) is 0 Å². The van der Waals surface area contributed by atoms with Gasteiger partial charge in [-0.25, -0.2) is 9.97 Å². The molecule has 2 heterocycles. The summed E-state index contributed by atoms with van der Waals surface area (Å²) in [5.41, 5.74) is 0. The third-order valence-corrected chi connectivity index (χ3v) is 3.21. The lowest BCUT2D eigenvalue weighted by Gasteiger charge is -2.05. The molecule has 0 aliphatic carbocycles. The van der Waals surface area contributed by atoms with Gasteiger partial charge < -0.3 is 10.4 Å². The molecule has 0 fully saturated rings. The van der Waals surface area contributed by atoms with Crippen molar-refractivity contribution < 1.29 is 5.11 Å². The van der Waals surface area contributed by atoms with Crippen LogP contribution < -0.4 is 5.32 Å². The Morgan fingerprint density at radius 2 is 2.19 bits per heavy atom. The quantitative estimate of drug-likeness (QED) is 0.757. The van der Waals surface area contributed by atoms with Crippen LogP contribution in [0.3, 0.4) is 0 Å². The van der Waals surface area contributed by atoms with Gasteiger partial charge in [-0.2, -0.15) is 0 Å². The maximum Gasteiger partial charge on any atom is 0.138 e. The van der Waals surface area contributed by atoms with Gasteiger partial charge in [-0.1, -0.05) is 0 Å². The Kier molecular flexibility index (Phi) is 4.07. The van der Waals surface area contributed by atoms with Crippen molar-refractivity contribution in [1.82, 2.24) is 9.97 Å². The van der Waals surface area contributed by atoms with Crippen LogP contribution in [0.2, 0.25) is 0 Å². The molecule has 2 rings (SSSR count). The van der Waals surface area contributed by atoms with Gasteiger partial charge in [-0.05, 0) is 30.7 Å². The minimum Gasteiger partial charge on any atom is -0.396 e. The number of hydrogen-bond acceptors (Lipinski definition) is 5. The van der Waals surface area contributed by atoms with Crippen LogP contribution in [-0.2, 0) is 0 Å². The van der Waals surface area contributed by atoms with Crippen LogP contribution in [0.4, 0.5) is 5.82 Å². The molecular weight excluding hydrogens is 222 g/mol. The van der Waals surface area contributed by atoms with Gasteiger partial charge >= 0.3 is 0 Å². The Hall–Kier alpha value is -1.20. The third-order valence-electron chi connectivity index (χ3n) is 2.39. The molecule has 0 bridgehead atoms. The second-order valence-corrected chi connectivity index (χ2v) is 4.47. The van der Waals surface area contributed by atoms with Crippen LogP contribution in [0, 0.1) is 0 Å². The highest BCUT2D eigenvalue weighted by Gasteiger charge is 2.02. The van der Waals surface area contributed by atoms with E-state index in [2.05, 4.69) is 15.3 Å². The first-order valence-corrected chi connectivity index (χ1v) is 6.32. The van der Waals surface area contributed by atoms with Gasteiger partial charge in [0.2, 0.25) is 0 Å². The average molecular weight is 237 g/mol. The molecule has 0 saturated heterocycles. The molecule has 0 spiro atoms. The van der Waals surface area contributed by atoms with Crippen molar-refractivity contribution in [3.63, 3.8) is 0 Å². The molecule has 0 aromatic carbocycles. The fourth-order valence-electron chi connectivity index (χ4n) is 1.55. The van der Waals surface area contributed by atoms with Gasteiger partial charge in [0.25, 0.3) is 0 Å². The van der Waals surface area contributed by atoms with Gasteiger partial charge in [0.05, 0.1) is 5.39 Å². The average Bonchev–Trinajstić information content (AvgIpc) is 2.77. The van der Waals surface area contributed by atoms with Crippen LogP contribution >= 0.6 is 11.3 Å². The predicted molar refractivity (Wildman–Crippen MR) is 66.8 cm³/mol. The normalized spacial score (nSPS) is 10.8. The summed E-state index contributed by atoms with van der Waals surface area (Å²) < 4.78 is 0. The number of rotatable bonds is 6. The Bertz CT molecular complexity index is 443. The molecule has 2 aromatic heterocycles. The van der Waals surface area contributed by atoms with E-state index in [0.29, 0.717) is 0 Å². The van der Waals surface area contributed by atoms with E-state index < -0.39 is 0 Å². The van der Waals surface area contributed by atoms with Crippen molar-refractivity contribution in [2.45, 2.75) is 19.3 Å². The van der Waals surface area contributed by atoms with Crippen molar-refractivity contribution >= 4 is 27.4 Å². The number of aliphatic hydroxyl groups excluding tert-OH is 1. The number of fused-ring (bicyclic) bond motifs is 1. The van der Waals surface area contributed by atoms with Crippen molar-refractivity contribution in [2.75, 3.05) is 18.5 Å².